The Bertz CT molecular complexity index is 1370. The molecule has 3 aromatic carbocycles. The molecular weight excluding hydrogens is 576 g/mol. The van der Waals surface area contributed by atoms with Crippen molar-refractivity contribution in [2.75, 3.05) is 25.0 Å². The molecule has 3 aromatic rings. The number of nitrogens with zero attached hydrogens (tertiary/aromatic N) is 1. The van der Waals surface area contributed by atoms with Gasteiger partial charge >= 0.3 is 6.09 Å². The van der Waals surface area contributed by atoms with Gasteiger partial charge in [-0.15, -0.1) is 12.4 Å². The predicted molar refractivity (Wildman–Crippen MR) is 158 cm³/mol. The van der Waals surface area contributed by atoms with Crippen LogP contribution in [-0.4, -0.2) is 36.5 Å². The van der Waals surface area contributed by atoms with Crippen LogP contribution in [-0.2, 0) is 15.1 Å². The lowest BCUT2D eigenvalue weighted by Gasteiger charge is -2.44. The van der Waals surface area contributed by atoms with E-state index >= 15 is 0 Å². The van der Waals surface area contributed by atoms with E-state index in [-0.39, 0.29) is 30.2 Å². The molecule has 0 radical (unpaired) electrons. The fraction of sp³-hybridized carbons (Fsp3) is 0.333. The van der Waals surface area contributed by atoms with Crippen molar-refractivity contribution in [3.8, 4) is 0 Å². The first-order chi connectivity index (χ1) is 18.7. The van der Waals surface area contributed by atoms with Gasteiger partial charge in [-0.05, 0) is 61.3 Å². The minimum Gasteiger partial charge on any atom is -0.438 e. The van der Waals surface area contributed by atoms with E-state index in [9.17, 15) is 14.0 Å². The highest BCUT2D eigenvalue weighted by Gasteiger charge is 2.44. The average molecular weight is 607 g/mol. The second-order valence-corrected chi connectivity index (χ2v) is 11.0. The van der Waals surface area contributed by atoms with Crippen LogP contribution in [0.2, 0.25) is 10.0 Å². The predicted octanol–water partition coefficient (Wildman–Crippen LogP) is 7.46. The normalized spacial score (nSPS) is 17.6. The molecule has 1 spiro atoms. The molecular formula is C30H31Cl3FN3O3. The van der Waals surface area contributed by atoms with Crippen molar-refractivity contribution < 1.29 is 18.7 Å². The Kier molecular flexibility index (Phi) is 9.62. The molecule has 40 heavy (non-hydrogen) atoms. The molecule has 2 N–H and O–H groups in total. The van der Waals surface area contributed by atoms with Crippen molar-refractivity contribution in [3.05, 3.63) is 99.3 Å². The number of hydrogen-bond donors (Lipinski definition) is 2. The molecule has 0 aromatic heterocycles. The molecule has 1 saturated heterocycles. The molecule has 1 fully saturated rings. The standard InChI is InChI=1S/C30H30Cl2FN3O3.ClH/c1-19(20-5-3-2-4-6-20)34-28(37)23(21-7-9-25(31)26(32)17-21)11-14-36-15-12-30(13-16-36)24-18-22(33)8-10-27(24)35-29(38)39-30;/h2-10,17-19,23H,11-16H2,1H3,(H,34,37)(H,35,38);1H/t19?,23-;/m1./s1. The summed E-state index contributed by atoms with van der Waals surface area (Å²) in [6.45, 7) is 3.89. The summed E-state index contributed by atoms with van der Waals surface area (Å²) in [5.41, 5.74) is 2.22. The fourth-order valence-corrected chi connectivity index (χ4v) is 5.82. The van der Waals surface area contributed by atoms with Gasteiger partial charge in [-0.25, -0.2) is 9.18 Å². The summed E-state index contributed by atoms with van der Waals surface area (Å²) in [5.74, 6) is -0.890. The maximum Gasteiger partial charge on any atom is 0.412 e. The summed E-state index contributed by atoms with van der Waals surface area (Å²) >= 11 is 12.5. The second kappa shape index (κ2) is 12.8. The van der Waals surface area contributed by atoms with E-state index in [1.54, 1.807) is 18.2 Å². The number of carbonyl (C=O) groups excluding carboxylic acids is 2. The average Bonchev–Trinajstić information content (AvgIpc) is 2.92. The minimum atomic E-state index is -0.859. The van der Waals surface area contributed by atoms with Crippen LogP contribution < -0.4 is 10.6 Å². The van der Waals surface area contributed by atoms with Gasteiger partial charge in [0.05, 0.1) is 27.7 Å². The first-order valence-electron chi connectivity index (χ1n) is 13.1. The molecule has 10 heteroatoms. The molecule has 5 rings (SSSR count). The monoisotopic (exact) mass is 605 g/mol. The number of hydrogen-bond acceptors (Lipinski definition) is 4. The van der Waals surface area contributed by atoms with Crippen LogP contribution in [0.15, 0.2) is 66.7 Å². The molecule has 212 valence electrons. The molecule has 0 aliphatic carbocycles. The van der Waals surface area contributed by atoms with Crippen molar-refractivity contribution in [1.82, 2.24) is 10.2 Å². The molecule has 1 unspecified atom stereocenters. The Morgan fingerprint density at radius 2 is 1.77 bits per heavy atom. The summed E-state index contributed by atoms with van der Waals surface area (Å²) in [6, 6.07) is 19.3. The highest BCUT2D eigenvalue weighted by atomic mass is 35.5. The topological polar surface area (TPSA) is 70.7 Å². The van der Waals surface area contributed by atoms with Gasteiger partial charge in [0.15, 0.2) is 0 Å². The first-order valence-corrected chi connectivity index (χ1v) is 13.8. The summed E-state index contributed by atoms with van der Waals surface area (Å²) in [5, 5.41) is 6.66. The number of piperidine rings is 1. The Labute approximate surface area is 249 Å². The number of likely N-dealkylation sites (tertiary alicyclic amines) is 1. The minimum absolute atomic E-state index is 0. The van der Waals surface area contributed by atoms with Gasteiger partial charge in [-0.3, -0.25) is 10.1 Å². The third-order valence-corrected chi connectivity index (χ3v) is 8.45. The van der Waals surface area contributed by atoms with E-state index < -0.39 is 17.6 Å². The summed E-state index contributed by atoms with van der Waals surface area (Å²) in [6.07, 6.45) is 1.11. The number of fused-ring (bicyclic) bond motifs is 2. The SMILES string of the molecule is CC(NC(=O)[C@H](CCN1CCC2(CC1)OC(=O)Nc1ccc(F)cc12)c1ccc(Cl)c(Cl)c1)c1ccccc1.Cl. The number of rotatable bonds is 7. The van der Waals surface area contributed by atoms with E-state index in [4.69, 9.17) is 27.9 Å². The first kappa shape index (κ1) is 30.1. The smallest absolute Gasteiger partial charge is 0.412 e. The van der Waals surface area contributed by atoms with E-state index in [2.05, 4.69) is 15.5 Å². The van der Waals surface area contributed by atoms with Crippen molar-refractivity contribution in [2.45, 2.75) is 43.7 Å². The summed E-state index contributed by atoms with van der Waals surface area (Å²) < 4.78 is 19.8. The molecule has 2 amide bonds. The van der Waals surface area contributed by atoms with Crippen molar-refractivity contribution in [2.24, 2.45) is 0 Å². The van der Waals surface area contributed by atoms with Crippen molar-refractivity contribution >= 4 is 53.3 Å². The number of carbonyl (C=O) groups is 2. The van der Waals surface area contributed by atoms with E-state index in [0.29, 0.717) is 60.2 Å². The van der Waals surface area contributed by atoms with E-state index in [0.717, 1.165) is 11.1 Å². The number of ether oxygens (including phenoxy) is 1. The summed E-state index contributed by atoms with van der Waals surface area (Å²) in [4.78, 5) is 28.0. The molecule has 6 nitrogen and oxygen atoms in total. The zero-order valence-corrected chi connectivity index (χ0v) is 24.3. The zero-order valence-electron chi connectivity index (χ0n) is 22.0. The number of anilines is 1. The fourth-order valence-electron chi connectivity index (χ4n) is 5.51. The lowest BCUT2D eigenvalue weighted by Crippen LogP contribution is -2.48. The molecule has 2 heterocycles. The van der Waals surface area contributed by atoms with Crippen LogP contribution in [0.4, 0.5) is 14.9 Å². The maximum atomic E-state index is 14.1. The van der Waals surface area contributed by atoms with Gasteiger partial charge in [0.1, 0.15) is 11.4 Å². The zero-order chi connectivity index (χ0) is 27.6. The summed E-state index contributed by atoms with van der Waals surface area (Å²) in [7, 11) is 0. The molecule has 0 saturated carbocycles. The molecule has 0 bridgehead atoms. The van der Waals surface area contributed by atoms with Crippen molar-refractivity contribution in [1.29, 1.82) is 0 Å². The molecule has 2 atom stereocenters. The Balaban J connectivity index is 0.00000370. The molecule has 2 aliphatic heterocycles. The number of benzene rings is 3. The van der Waals surface area contributed by atoms with Gasteiger partial charge < -0.3 is 15.0 Å². The molecule has 2 aliphatic rings. The Morgan fingerprint density at radius 1 is 1.05 bits per heavy atom. The number of amides is 2. The van der Waals surface area contributed by atoms with E-state index in [1.165, 1.54) is 12.1 Å². The lowest BCUT2D eigenvalue weighted by atomic mass is 9.82. The van der Waals surface area contributed by atoms with Gasteiger partial charge in [0.25, 0.3) is 0 Å². The van der Waals surface area contributed by atoms with Gasteiger partial charge in [-0.2, -0.15) is 0 Å². The van der Waals surface area contributed by atoms with Gasteiger partial charge in [-0.1, -0.05) is 59.6 Å². The highest BCUT2D eigenvalue weighted by molar-refractivity contribution is 6.42. The highest BCUT2D eigenvalue weighted by Crippen LogP contribution is 2.44. The lowest BCUT2D eigenvalue weighted by molar-refractivity contribution is -0.123. The van der Waals surface area contributed by atoms with Crippen LogP contribution in [0, 0.1) is 5.82 Å². The number of halogens is 4. The Hall–Kier alpha value is -2.84. The quantitative estimate of drug-likeness (QED) is 0.293. The Morgan fingerprint density at radius 3 is 2.48 bits per heavy atom. The van der Waals surface area contributed by atoms with Crippen LogP contribution in [0.5, 0.6) is 0 Å². The van der Waals surface area contributed by atoms with Crippen molar-refractivity contribution in [3.63, 3.8) is 0 Å². The van der Waals surface area contributed by atoms with E-state index in [1.807, 2.05) is 43.3 Å². The third kappa shape index (κ3) is 6.55. The van der Waals surface area contributed by atoms with Gasteiger partial charge in [0, 0.05) is 31.5 Å². The second-order valence-electron chi connectivity index (χ2n) is 10.2. The van der Waals surface area contributed by atoms with Crippen LogP contribution in [0.3, 0.4) is 0 Å². The number of nitrogens with one attached hydrogen (secondary N) is 2. The third-order valence-electron chi connectivity index (χ3n) is 7.72. The van der Waals surface area contributed by atoms with Crippen LogP contribution in [0.25, 0.3) is 0 Å². The largest absolute Gasteiger partial charge is 0.438 e. The maximum absolute atomic E-state index is 14.1. The van der Waals surface area contributed by atoms with Crippen LogP contribution in [0.1, 0.15) is 54.8 Å². The van der Waals surface area contributed by atoms with Gasteiger partial charge in [0.2, 0.25) is 5.91 Å². The van der Waals surface area contributed by atoms with Crippen LogP contribution >= 0.6 is 35.6 Å².